The van der Waals surface area contributed by atoms with Crippen molar-refractivity contribution >= 4 is 11.4 Å². The van der Waals surface area contributed by atoms with Crippen LogP contribution in [-0.4, -0.2) is 26.8 Å². The normalized spacial score (nSPS) is 16.0. The lowest BCUT2D eigenvalue weighted by atomic mass is 10.1. The van der Waals surface area contributed by atoms with Gasteiger partial charge >= 0.3 is 0 Å². The predicted molar refractivity (Wildman–Crippen MR) is 184 cm³/mol. The number of nitrogens with one attached hydrogen (secondary N) is 1. The number of nitro groups is 2. The zero-order chi connectivity index (χ0) is 35.2. The Kier molecular flexibility index (Phi) is 10.6. The monoisotopic (exact) mass is 680 g/mol. The maximum absolute atomic E-state index is 13.3. The van der Waals surface area contributed by atoms with E-state index in [1.54, 1.807) is 60.7 Å². The third-order valence-corrected chi connectivity index (χ3v) is 9.27. The van der Waals surface area contributed by atoms with E-state index in [0.29, 0.717) is 26.1 Å². The van der Waals surface area contributed by atoms with E-state index in [9.17, 15) is 33.4 Å². The fraction of sp³-hybridized carbons (Fsp3) is 0.231. The van der Waals surface area contributed by atoms with Crippen LogP contribution < -0.4 is 5.32 Å². The second kappa shape index (κ2) is 15.4. The van der Waals surface area contributed by atoms with Crippen LogP contribution in [0.4, 0.5) is 24.5 Å². The first-order chi connectivity index (χ1) is 24.1. The highest BCUT2D eigenvalue weighted by Crippen LogP contribution is 2.31. The van der Waals surface area contributed by atoms with Crippen LogP contribution >= 0.6 is 0 Å². The van der Waals surface area contributed by atoms with Gasteiger partial charge in [-0.2, -0.15) is 0 Å². The fourth-order valence-corrected chi connectivity index (χ4v) is 6.64. The molecule has 5 aromatic rings. The Morgan fingerprint density at radius 2 is 0.960 bits per heavy atom. The van der Waals surface area contributed by atoms with Gasteiger partial charge in [0.15, 0.2) is 0 Å². The fourth-order valence-electron chi connectivity index (χ4n) is 6.64. The highest BCUT2D eigenvalue weighted by atomic mass is 19.1. The number of non-ortho nitro benzene ring substituents is 2. The van der Waals surface area contributed by atoms with Crippen LogP contribution in [0.1, 0.15) is 38.9 Å². The lowest BCUT2D eigenvalue weighted by molar-refractivity contribution is -0.385. The van der Waals surface area contributed by atoms with Crippen LogP contribution in [0.3, 0.4) is 0 Å². The topological polar surface area (TPSA) is 102 Å². The van der Waals surface area contributed by atoms with Crippen LogP contribution in [0.15, 0.2) is 109 Å². The van der Waals surface area contributed by atoms with Gasteiger partial charge in [-0.3, -0.25) is 25.1 Å². The second-order valence-corrected chi connectivity index (χ2v) is 12.8. The van der Waals surface area contributed by atoms with E-state index in [1.165, 1.54) is 36.4 Å². The molecule has 0 saturated carbocycles. The molecule has 50 heavy (non-hydrogen) atoms. The van der Waals surface area contributed by atoms with Crippen LogP contribution in [-0.2, 0) is 45.3 Å². The van der Waals surface area contributed by atoms with Crippen molar-refractivity contribution in [3.05, 3.63) is 186 Å². The number of hydrogen-bond donors (Lipinski definition) is 1. The minimum atomic E-state index is -0.373. The van der Waals surface area contributed by atoms with Crippen molar-refractivity contribution in [2.75, 3.05) is 0 Å². The van der Waals surface area contributed by atoms with Gasteiger partial charge in [0.05, 0.1) is 9.85 Å². The highest BCUT2D eigenvalue weighted by molar-refractivity contribution is 5.44. The number of fused-ring (bicyclic) bond motifs is 2. The summed E-state index contributed by atoms with van der Waals surface area (Å²) in [6.45, 7) is 1.89. The molecule has 2 atom stereocenters. The van der Waals surface area contributed by atoms with Crippen LogP contribution in [0.2, 0.25) is 0 Å². The van der Waals surface area contributed by atoms with Crippen molar-refractivity contribution < 1.29 is 23.0 Å². The van der Waals surface area contributed by atoms with Gasteiger partial charge in [-0.25, -0.2) is 13.2 Å². The molecule has 11 heteroatoms. The minimum Gasteiger partial charge on any atom is -0.309 e. The van der Waals surface area contributed by atoms with E-state index in [2.05, 4.69) is 10.2 Å². The smallest absolute Gasteiger partial charge is 0.269 e. The molecule has 2 aliphatic carbocycles. The summed E-state index contributed by atoms with van der Waals surface area (Å²) in [6.07, 6.45) is 3.15. The summed E-state index contributed by atoms with van der Waals surface area (Å²) in [5.74, 6) is -0.793. The molecule has 2 aliphatic rings. The van der Waals surface area contributed by atoms with Crippen molar-refractivity contribution in [1.82, 2.24) is 10.2 Å². The summed E-state index contributed by atoms with van der Waals surface area (Å²) in [7, 11) is 0. The maximum atomic E-state index is 13.3. The van der Waals surface area contributed by atoms with Crippen molar-refractivity contribution in [2.45, 2.75) is 57.4 Å². The van der Waals surface area contributed by atoms with Gasteiger partial charge in [0.25, 0.3) is 11.4 Å². The second-order valence-electron chi connectivity index (χ2n) is 12.8. The van der Waals surface area contributed by atoms with Gasteiger partial charge in [-0.1, -0.05) is 48.5 Å². The third-order valence-electron chi connectivity index (χ3n) is 9.27. The molecule has 0 aliphatic heterocycles. The lowest BCUT2D eigenvalue weighted by Crippen LogP contribution is -2.35. The summed E-state index contributed by atoms with van der Waals surface area (Å²) in [4.78, 5) is 23.4. The van der Waals surface area contributed by atoms with Gasteiger partial charge in [-0.15, -0.1) is 0 Å². The molecule has 0 saturated heterocycles. The zero-order valence-corrected chi connectivity index (χ0v) is 27.1. The number of rotatable bonds is 10. The number of halogens is 3. The van der Waals surface area contributed by atoms with Crippen molar-refractivity contribution in [3.8, 4) is 0 Å². The molecule has 7 rings (SSSR count). The van der Waals surface area contributed by atoms with Crippen LogP contribution in [0.5, 0.6) is 0 Å². The summed E-state index contributed by atoms with van der Waals surface area (Å²) in [5, 5.41) is 25.3. The number of nitro benzene ring substituents is 2. The summed E-state index contributed by atoms with van der Waals surface area (Å²) < 4.78 is 39.4. The largest absolute Gasteiger partial charge is 0.309 e. The molecular formula is C39H35F3N4O4. The van der Waals surface area contributed by atoms with Gasteiger partial charge < -0.3 is 5.32 Å². The Bertz CT molecular complexity index is 1920. The molecule has 0 heterocycles. The molecule has 0 radical (unpaired) electrons. The Morgan fingerprint density at radius 1 is 0.560 bits per heavy atom. The molecule has 0 spiro atoms. The van der Waals surface area contributed by atoms with Gasteiger partial charge in [0.1, 0.15) is 17.5 Å². The first-order valence-corrected chi connectivity index (χ1v) is 16.3. The van der Waals surface area contributed by atoms with Crippen molar-refractivity contribution in [3.63, 3.8) is 0 Å². The third kappa shape index (κ3) is 8.79. The average molecular weight is 681 g/mol. The molecule has 0 bridgehead atoms. The highest BCUT2D eigenvalue weighted by Gasteiger charge is 2.29. The molecular weight excluding hydrogens is 645 g/mol. The first kappa shape index (κ1) is 34.5. The number of hydrogen-bond acceptors (Lipinski definition) is 6. The SMILES string of the molecule is O=[N+]([O-])c1ccc2c(c1)CC(N(Cc1ccc(F)cc1)Cc1ccc(F)cc1)C2.O=[N+]([O-])c1ccc2c(c1)CC(NCc1ccc(F)cc1)C2. The van der Waals surface area contributed by atoms with E-state index in [4.69, 9.17) is 0 Å². The molecule has 2 unspecified atom stereocenters. The first-order valence-electron chi connectivity index (χ1n) is 16.3. The summed E-state index contributed by atoms with van der Waals surface area (Å²) in [6, 6.07) is 29.8. The van der Waals surface area contributed by atoms with E-state index >= 15 is 0 Å². The summed E-state index contributed by atoms with van der Waals surface area (Å²) in [5.41, 5.74) is 7.56. The Morgan fingerprint density at radius 3 is 1.44 bits per heavy atom. The number of benzene rings is 5. The van der Waals surface area contributed by atoms with Gasteiger partial charge in [-0.05, 0) is 101 Å². The van der Waals surface area contributed by atoms with Crippen molar-refractivity contribution in [2.24, 2.45) is 0 Å². The van der Waals surface area contributed by atoms with Crippen molar-refractivity contribution in [1.29, 1.82) is 0 Å². The molecule has 1 N–H and O–H groups in total. The number of nitrogens with zero attached hydrogens (tertiary/aromatic N) is 3. The van der Waals surface area contributed by atoms with E-state index in [1.807, 2.05) is 12.1 Å². The predicted octanol–water partition coefficient (Wildman–Crippen LogP) is 8.03. The Hall–Kier alpha value is -5.39. The lowest BCUT2D eigenvalue weighted by Gasteiger charge is -2.29. The maximum Gasteiger partial charge on any atom is 0.269 e. The molecule has 0 aromatic heterocycles. The van der Waals surface area contributed by atoms with Crippen LogP contribution in [0, 0.1) is 37.7 Å². The average Bonchev–Trinajstić information content (AvgIpc) is 3.73. The molecule has 0 amide bonds. The Labute approximate surface area is 287 Å². The molecule has 8 nitrogen and oxygen atoms in total. The quantitative estimate of drug-likeness (QED) is 0.118. The van der Waals surface area contributed by atoms with Gasteiger partial charge in [0.2, 0.25) is 0 Å². The standard InChI is InChI=1S/C23H20F2N2O2.C16H15FN2O2/c24-20-6-1-16(2-7-20)14-26(15-17-3-8-21(25)9-4-17)23-11-18-5-10-22(27(28)29)12-19(18)13-23;17-14-4-1-11(2-5-14)10-18-15-7-12-3-6-16(19(20)21)9-13(12)8-15/h1-10,12,23H,11,13-15H2;1-6,9,15,18H,7-8,10H2. The van der Waals surface area contributed by atoms with E-state index in [-0.39, 0.29) is 50.8 Å². The molecule has 0 fully saturated rings. The minimum absolute atomic E-state index is 0.105. The zero-order valence-electron chi connectivity index (χ0n) is 27.1. The van der Waals surface area contributed by atoms with Crippen LogP contribution in [0.25, 0.3) is 0 Å². The van der Waals surface area contributed by atoms with E-state index in [0.717, 1.165) is 58.2 Å². The Balaban J connectivity index is 0.000000182. The van der Waals surface area contributed by atoms with Gasteiger partial charge in [0, 0.05) is 56.0 Å². The molecule has 5 aromatic carbocycles. The summed E-state index contributed by atoms with van der Waals surface area (Å²) >= 11 is 0. The van der Waals surface area contributed by atoms with E-state index < -0.39 is 0 Å². The molecule has 256 valence electrons.